The topological polar surface area (TPSA) is 55.1 Å². The molecule has 0 bridgehead atoms. The highest BCUT2D eigenvalue weighted by atomic mass is 79.9. The van der Waals surface area contributed by atoms with Gasteiger partial charge in [0, 0.05) is 17.1 Å². The molecule has 106 valence electrons. The van der Waals surface area contributed by atoms with Crippen molar-refractivity contribution >= 4 is 32.9 Å². The third kappa shape index (κ3) is 2.23. The summed E-state index contributed by atoms with van der Waals surface area (Å²) in [5.74, 6) is -0.135. The number of carbonyl (C=O) groups is 1. The Kier molecular flexibility index (Phi) is 3.29. The number of halogens is 1. The molecule has 0 unspecified atom stereocenters. The molecule has 0 radical (unpaired) electrons. The molecule has 2 aromatic carbocycles. The van der Waals surface area contributed by atoms with E-state index in [4.69, 9.17) is 5.11 Å². The Morgan fingerprint density at radius 3 is 2.76 bits per heavy atom. The Balaban J connectivity index is 2.26. The Labute approximate surface area is 130 Å². The summed E-state index contributed by atoms with van der Waals surface area (Å²) in [7, 11) is 1.93. The standard InChI is InChI=1S/C16H13BrN2O2/c1-9-4-3-5-11(14(9)17)15-18-12-8-10(16(20)21)6-7-13(12)19(15)2/h3-8H,1-2H3,(H,20,21). The van der Waals surface area contributed by atoms with E-state index >= 15 is 0 Å². The third-order valence-corrected chi connectivity index (χ3v) is 4.61. The van der Waals surface area contributed by atoms with Gasteiger partial charge in [0.1, 0.15) is 5.82 Å². The smallest absolute Gasteiger partial charge is 0.335 e. The normalized spacial score (nSPS) is 11.0. The summed E-state index contributed by atoms with van der Waals surface area (Å²) in [6.45, 7) is 2.03. The van der Waals surface area contributed by atoms with E-state index < -0.39 is 5.97 Å². The Morgan fingerprint density at radius 2 is 2.05 bits per heavy atom. The number of hydrogen-bond acceptors (Lipinski definition) is 2. The molecule has 5 heteroatoms. The van der Waals surface area contributed by atoms with E-state index in [1.807, 2.05) is 36.7 Å². The molecule has 0 amide bonds. The van der Waals surface area contributed by atoms with Gasteiger partial charge in [-0.15, -0.1) is 0 Å². The van der Waals surface area contributed by atoms with Crippen LogP contribution >= 0.6 is 15.9 Å². The van der Waals surface area contributed by atoms with E-state index in [-0.39, 0.29) is 5.56 Å². The minimum atomic E-state index is -0.944. The van der Waals surface area contributed by atoms with Crippen molar-refractivity contribution in [1.82, 2.24) is 9.55 Å². The van der Waals surface area contributed by atoms with Gasteiger partial charge in [-0.1, -0.05) is 18.2 Å². The number of fused-ring (bicyclic) bond motifs is 1. The molecule has 3 aromatic rings. The highest BCUT2D eigenvalue weighted by Gasteiger charge is 2.14. The number of imidazole rings is 1. The highest BCUT2D eigenvalue weighted by molar-refractivity contribution is 9.10. The first-order chi connectivity index (χ1) is 9.99. The second-order valence-electron chi connectivity index (χ2n) is 4.94. The molecule has 21 heavy (non-hydrogen) atoms. The number of aryl methyl sites for hydroxylation is 2. The van der Waals surface area contributed by atoms with E-state index in [9.17, 15) is 4.79 Å². The number of aromatic carboxylic acids is 1. The van der Waals surface area contributed by atoms with Gasteiger partial charge in [-0.2, -0.15) is 0 Å². The lowest BCUT2D eigenvalue weighted by molar-refractivity contribution is 0.0697. The fourth-order valence-electron chi connectivity index (χ4n) is 2.39. The van der Waals surface area contributed by atoms with Crippen LogP contribution in [0.3, 0.4) is 0 Å². The lowest BCUT2D eigenvalue weighted by Gasteiger charge is -2.07. The van der Waals surface area contributed by atoms with Crippen LogP contribution in [0.25, 0.3) is 22.4 Å². The fraction of sp³-hybridized carbons (Fsp3) is 0.125. The number of rotatable bonds is 2. The summed E-state index contributed by atoms with van der Waals surface area (Å²) < 4.78 is 2.97. The molecule has 1 aromatic heterocycles. The molecule has 0 aliphatic carbocycles. The van der Waals surface area contributed by atoms with Gasteiger partial charge in [0.05, 0.1) is 16.6 Å². The van der Waals surface area contributed by atoms with Crippen molar-refractivity contribution in [3.63, 3.8) is 0 Å². The van der Waals surface area contributed by atoms with Crippen LogP contribution in [0.4, 0.5) is 0 Å². The largest absolute Gasteiger partial charge is 0.478 e. The van der Waals surface area contributed by atoms with E-state index in [1.165, 1.54) is 0 Å². The SMILES string of the molecule is Cc1cccc(-c2nc3cc(C(=O)O)ccc3n2C)c1Br. The van der Waals surface area contributed by atoms with Gasteiger partial charge < -0.3 is 9.67 Å². The van der Waals surface area contributed by atoms with Gasteiger partial charge in [0.25, 0.3) is 0 Å². The van der Waals surface area contributed by atoms with Crippen LogP contribution in [0, 0.1) is 6.92 Å². The molecule has 0 atom stereocenters. The van der Waals surface area contributed by atoms with Crippen molar-refractivity contribution in [3.8, 4) is 11.4 Å². The van der Waals surface area contributed by atoms with Crippen LogP contribution in [0.5, 0.6) is 0 Å². The first kappa shape index (κ1) is 13.8. The highest BCUT2D eigenvalue weighted by Crippen LogP contribution is 2.32. The van der Waals surface area contributed by atoms with Crippen molar-refractivity contribution < 1.29 is 9.90 Å². The Bertz CT molecular complexity index is 868. The molecule has 0 saturated carbocycles. The van der Waals surface area contributed by atoms with E-state index in [0.29, 0.717) is 5.52 Å². The number of benzene rings is 2. The van der Waals surface area contributed by atoms with Gasteiger partial charge in [0.15, 0.2) is 0 Å². The van der Waals surface area contributed by atoms with Crippen LogP contribution in [0.15, 0.2) is 40.9 Å². The molecular weight excluding hydrogens is 332 g/mol. The zero-order valence-electron chi connectivity index (χ0n) is 11.6. The van der Waals surface area contributed by atoms with Gasteiger partial charge in [-0.3, -0.25) is 0 Å². The molecule has 3 rings (SSSR count). The molecule has 1 heterocycles. The van der Waals surface area contributed by atoms with Crippen molar-refractivity contribution in [2.24, 2.45) is 7.05 Å². The summed E-state index contributed by atoms with van der Waals surface area (Å²) in [6.07, 6.45) is 0. The molecule has 1 N–H and O–H groups in total. The number of aromatic nitrogens is 2. The predicted molar refractivity (Wildman–Crippen MR) is 85.5 cm³/mol. The third-order valence-electron chi connectivity index (χ3n) is 3.56. The Hall–Kier alpha value is -2.14. The summed E-state index contributed by atoms with van der Waals surface area (Å²) in [6, 6.07) is 11.0. The monoisotopic (exact) mass is 344 g/mol. The maximum Gasteiger partial charge on any atom is 0.335 e. The van der Waals surface area contributed by atoms with Gasteiger partial charge in [-0.05, 0) is 46.6 Å². The molecule has 4 nitrogen and oxygen atoms in total. The first-order valence-electron chi connectivity index (χ1n) is 6.44. The van der Waals surface area contributed by atoms with Crippen LogP contribution in [0.2, 0.25) is 0 Å². The minimum absolute atomic E-state index is 0.246. The summed E-state index contributed by atoms with van der Waals surface area (Å²) >= 11 is 3.60. The predicted octanol–water partition coefficient (Wildman–Crippen LogP) is 4.01. The van der Waals surface area contributed by atoms with Crippen LogP contribution < -0.4 is 0 Å². The number of carboxylic acids is 1. The van der Waals surface area contributed by atoms with Crippen LogP contribution in [0.1, 0.15) is 15.9 Å². The fourth-order valence-corrected chi connectivity index (χ4v) is 2.84. The average Bonchev–Trinajstić information content (AvgIpc) is 2.78. The van der Waals surface area contributed by atoms with Crippen LogP contribution in [-0.4, -0.2) is 20.6 Å². The second kappa shape index (κ2) is 5.00. The van der Waals surface area contributed by atoms with Crippen molar-refractivity contribution in [1.29, 1.82) is 0 Å². The zero-order valence-corrected chi connectivity index (χ0v) is 13.2. The van der Waals surface area contributed by atoms with Gasteiger partial charge in [-0.25, -0.2) is 9.78 Å². The second-order valence-corrected chi connectivity index (χ2v) is 5.73. The molecular formula is C16H13BrN2O2. The number of nitrogens with zero attached hydrogens (tertiary/aromatic N) is 2. The first-order valence-corrected chi connectivity index (χ1v) is 7.23. The van der Waals surface area contributed by atoms with Crippen LogP contribution in [-0.2, 0) is 7.05 Å². The van der Waals surface area contributed by atoms with Crippen molar-refractivity contribution in [2.45, 2.75) is 6.92 Å². The lowest BCUT2D eigenvalue weighted by Crippen LogP contribution is -1.96. The average molecular weight is 345 g/mol. The molecule has 0 aliphatic rings. The van der Waals surface area contributed by atoms with Crippen molar-refractivity contribution in [2.75, 3.05) is 0 Å². The lowest BCUT2D eigenvalue weighted by atomic mass is 10.1. The molecule has 0 spiro atoms. The van der Waals surface area contributed by atoms with Gasteiger partial charge >= 0.3 is 5.97 Å². The van der Waals surface area contributed by atoms with Gasteiger partial charge in [0.2, 0.25) is 0 Å². The summed E-state index contributed by atoms with van der Waals surface area (Å²) in [4.78, 5) is 15.7. The zero-order chi connectivity index (χ0) is 15.1. The Morgan fingerprint density at radius 1 is 1.29 bits per heavy atom. The quantitative estimate of drug-likeness (QED) is 0.764. The molecule has 0 saturated heterocycles. The van der Waals surface area contributed by atoms with Crippen molar-refractivity contribution in [3.05, 3.63) is 52.0 Å². The molecule has 0 fully saturated rings. The molecule has 0 aliphatic heterocycles. The maximum absolute atomic E-state index is 11.1. The maximum atomic E-state index is 11.1. The summed E-state index contributed by atoms with van der Waals surface area (Å²) in [5, 5.41) is 9.08. The van der Waals surface area contributed by atoms with E-state index in [1.54, 1.807) is 18.2 Å². The van der Waals surface area contributed by atoms with E-state index in [0.717, 1.165) is 26.9 Å². The number of hydrogen-bond donors (Lipinski definition) is 1. The minimum Gasteiger partial charge on any atom is -0.478 e. The summed E-state index contributed by atoms with van der Waals surface area (Å²) in [5.41, 5.74) is 3.95. The van der Waals surface area contributed by atoms with E-state index in [2.05, 4.69) is 20.9 Å². The number of carboxylic acid groups (broad SMARTS) is 1.